The van der Waals surface area contributed by atoms with E-state index >= 15 is 0 Å². The summed E-state index contributed by atoms with van der Waals surface area (Å²) < 4.78 is 5.39. The van der Waals surface area contributed by atoms with Crippen molar-refractivity contribution >= 4 is 5.95 Å². The average Bonchev–Trinajstić information content (AvgIpc) is 3.01. The molecule has 5 nitrogen and oxygen atoms in total. The van der Waals surface area contributed by atoms with Crippen LogP contribution < -0.4 is 10.2 Å². The Kier molecular flexibility index (Phi) is 2.78. The maximum atomic E-state index is 5.39. The zero-order valence-electron chi connectivity index (χ0n) is 9.48. The average molecular weight is 222 g/mol. The minimum atomic E-state index is 0.463. The molecule has 2 aliphatic rings. The van der Waals surface area contributed by atoms with Crippen LogP contribution in [0.15, 0.2) is 4.52 Å². The summed E-state index contributed by atoms with van der Waals surface area (Å²) in [7, 11) is 0. The maximum absolute atomic E-state index is 5.39. The first-order valence-corrected chi connectivity index (χ1v) is 6.23. The number of nitrogens with one attached hydrogen (secondary N) is 1. The summed E-state index contributed by atoms with van der Waals surface area (Å²) in [6.45, 7) is 4.27. The molecule has 88 valence electrons. The molecule has 0 aliphatic carbocycles. The van der Waals surface area contributed by atoms with E-state index in [2.05, 4.69) is 20.4 Å². The molecule has 0 saturated carbocycles. The van der Waals surface area contributed by atoms with Gasteiger partial charge in [-0.15, -0.1) is 0 Å². The van der Waals surface area contributed by atoms with Crippen molar-refractivity contribution in [1.82, 2.24) is 15.5 Å². The summed E-state index contributed by atoms with van der Waals surface area (Å²) in [6, 6.07) is 0. The first kappa shape index (κ1) is 10.1. The van der Waals surface area contributed by atoms with E-state index in [1.54, 1.807) is 0 Å². The largest absolute Gasteiger partial charge is 0.338 e. The van der Waals surface area contributed by atoms with Crippen LogP contribution in [0.1, 0.15) is 37.5 Å². The molecule has 0 bridgehead atoms. The van der Waals surface area contributed by atoms with Crippen molar-refractivity contribution in [1.29, 1.82) is 0 Å². The van der Waals surface area contributed by atoms with Gasteiger partial charge < -0.3 is 14.7 Å². The standard InChI is InChI=1S/C11H18N4O/c1-2-8-15(7-1)11-13-10(16-14-11)9-3-5-12-6-4-9/h9,12H,1-8H2. The van der Waals surface area contributed by atoms with Gasteiger partial charge in [0.1, 0.15) is 0 Å². The predicted octanol–water partition coefficient (Wildman–Crippen LogP) is 1.14. The molecule has 2 fully saturated rings. The summed E-state index contributed by atoms with van der Waals surface area (Å²) in [5, 5.41) is 7.44. The lowest BCUT2D eigenvalue weighted by molar-refractivity contribution is 0.320. The predicted molar refractivity (Wildman–Crippen MR) is 60.6 cm³/mol. The Morgan fingerprint density at radius 1 is 1.19 bits per heavy atom. The van der Waals surface area contributed by atoms with Gasteiger partial charge in [-0.1, -0.05) is 0 Å². The Morgan fingerprint density at radius 3 is 2.69 bits per heavy atom. The SMILES string of the molecule is C1CCN(c2noc(C3CCNCC3)n2)C1. The Bertz CT molecular complexity index is 340. The van der Waals surface area contributed by atoms with Crippen LogP contribution in [0.5, 0.6) is 0 Å². The topological polar surface area (TPSA) is 54.2 Å². The molecule has 0 unspecified atom stereocenters. The van der Waals surface area contributed by atoms with Crippen LogP contribution >= 0.6 is 0 Å². The van der Waals surface area contributed by atoms with Crippen LogP contribution in [0, 0.1) is 0 Å². The summed E-state index contributed by atoms with van der Waals surface area (Å²) >= 11 is 0. The number of hydrogen-bond donors (Lipinski definition) is 1. The molecule has 1 aromatic rings. The third-order valence-corrected chi connectivity index (χ3v) is 3.51. The second-order valence-corrected chi connectivity index (χ2v) is 4.65. The van der Waals surface area contributed by atoms with Crippen LogP contribution in [-0.2, 0) is 0 Å². The number of anilines is 1. The molecule has 0 amide bonds. The minimum absolute atomic E-state index is 0.463. The third-order valence-electron chi connectivity index (χ3n) is 3.51. The number of aromatic nitrogens is 2. The molecular formula is C11H18N4O. The van der Waals surface area contributed by atoms with Crippen LogP contribution in [0.4, 0.5) is 5.95 Å². The molecule has 0 radical (unpaired) electrons. The van der Waals surface area contributed by atoms with Gasteiger partial charge in [0, 0.05) is 19.0 Å². The highest BCUT2D eigenvalue weighted by atomic mass is 16.5. The van der Waals surface area contributed by atoms with E-state index in [9.17, 15) is 0 Å². The molecule has 0 atom stereocenters. The second-order valence-electron chi connectivity index (χ2n) is 4.65. The van der Waals surface area contributed by atoms with Crippen molar-refractivity contribution in [2.75, 3.05) is 31.1 Å². The molecule has 3 heterocycles. The van der Waals surface area contributed by atoms with Crippen molar-refractivity contribution < 1.29 is 4.52 Å². The molecule has 5 heteroatoms. The second kappa shape index (κ2) is 4.41. The van der Waals surface area contributed by atoms with Gasteiger partial charge in [-0.3, -0.25) is 0 Å². The Morgan fingerprint density at radius 2 is 1.94 bits per heavy atom. The van der Waals surface area contributed by atoms with E-state index in [4.69, 9.17) is 4.52 Å². The Labute approximate surface area is 95.2 Å². The number of nitrogens with zero attached hydrogens (tertiary/aromatic N) is 3. The van der Waals surface area contributed by atoms with E-state index in [-0.39, 0.29) is 0 Å². The third kappa shape index (κ3) is 1.91. The molecule has 1 N–H and O–H groups in total. The summed E-state index contributed by atoms with van der Waals surface area (Å²) in [5.41, 5.74) is 0. The highest BCUT2D eigenvalue weighted by molar-refractivity contribution is 5.29. The van der Waals surface area contributed by atoms with Crippen molar-refractivity contribution in [3.05, 3.63) is 5.89 Å². The van der Waals surface area contributed by atoms with Gasteiger partial charge in [0.2, 0.25) is 5.89 Å². The maximum Gasteiger partial charge on any atom is 0.266 e. The lowest BCUT2D eigenvalue weighted by Crippen LogP contribution is -2.26. The number of piperidine rings is 1. The highest BCUT2D eigenvalue weighted by Gasteiger charge is 2.24. The zero-order chi connectivity index (χ0) is 10.8. The molecule has 2 saturated heterocycles. The van der Waals surface area contributed by atoms with Crippen molar-refractivity contribution in [2.45, 2.75) is 31.6 Å². The Balaban J connectivity index is 1.71. The summed E-state index contributed by atoms with van der Waals surface area (Å²) in [4.78, 5) is 6.75. The van der Waals surface area contributed by atoms with E-state index in [1.807, 2.05) is 0 Å². The van der Waals surface area contributed by atoms with Crippen molar-refractivity contribution in [3.8, 4) is 0 Å². The van der Waals surface area contributed by atoms with E-state index in [0.29, 0.717) is 5.92 Å². The molecule has 1 aromatic heterocycles. The molecule has 0 aromatic carbocycles. The number of rotatable bonds is 2. The van der Waals surface area contributed by atoms with E-state index < -0.39 is 0 Å². The monoisotopic (exact) mass is 222 g/mol. The van der Waals surface area contributed by atoms with Gasteiger partial charge in [-0.2, -0.15) is 4.98 Å². The smallest absolute Gasteiger partial charge is 0.266 e. The van der Waals surface area contributed by atoms with Gasteiger partial charge in [-0.25, -0.2) is 0 Å². The molecule has 16 heavy (non-hydrogen) atoms. The van der Waals surface area contributed by atoms with E-state index in [0.717, 1.165) is 50.9 Å². The summed E-state index contributed by atoms with van der Waals surface area (Å²) in [5.74, 6) is 2.10. The first-order chi connectivity index (χ1) is 7.93. The van der Waals surface area contributed by atoms with Crippen LogP contribution in [-0.4, -0.2) is 36.3 Å². The number of hydrogen-bond acceptors (Lipinski definition) is 5. The van der Waals surface area contributed by atoms with E-state index in [1.165, 1.54) is 12.8 Å². The fourth-order valence-corrected chi connectivity index (χ4v) is 2.51. The molecule has 0 spiro atoms. The quantitative estimate of drug-likeness (QED) is 0.813. The molecule has 2 aliphatic heterocycles. The van der Waals surface area contributed by atoms with Gasteiger partial charge in [0.05, 0.1) is 0 Å². The van der Waals surface area contributed by atoms with Gasteiger partial charge in [0.25, 0.3) is 5.95 Å². The highest BCUT2D eigenvalue weighted by Crippen LogP contribution is 2.26. The molecule has 3 rings (SSSR count). The van der Waals surface area contributed by atoms with Crippen LogP contribution in [0.2, 0.25) is 0 Å². The zero-order valence-corrected chi connectivity index (χ0v) is 9.48. The summed E-state index contributed by atoms with van der Waals surface area (Å²) in [6.07, 6.45) is 4.72. The van der Waals surface area contributed by atoms with Crippen LogP contribution in [0.3, 0.4) is 0 Å². The van der Waals surface area contributed by atoms with Crippen molar-refractivity contribution in [2.24, 2.45) is 0 Å². The fraction of sp³-hybridized carbons (Fsp3) is 0.818. The van der Waals surface area contributed by atoms with Gasteiger partial charge in [0.15, 0.2) is 0 Å². The van der Waals surface area contributed by atoms with Gasteiger partial charge >= 0.3 is 0 Å². The lowest BCUT2D eigenvalue weighted by atomic mass is 9.98. The Hall–Kier alpha value is -1.10. The first-order valence-electron chi connectivity index (χ1n) is 6.23. The fourth-order valence-electron chi connectivity index (χ4n) is 2.51. The minimum Gasteiger partial charge on any atom is -0.338 e. The normalized spacial score (nSPS) is 22.9. The van der Waals surface area contributed by atoms with Crippen molar-refractivity contribution in [3.63, 3.8) is 0 Å². The molecular weight excluding hydrogens is 204 g/mol. The van der Waals surface area contributed by atoms with Gasteiger partial charge in [-0.05, 0) is 43.9 Å². The lowest BCUT2D eigenvalue weighted by Gasteiger charge is -2.18. The van der Waals surface area contributed by atoms with Crippen LogP contribution in [0.25, 0.3) is 0 Å².